The molecule has 0 saturated carbocycles. The van der Waals surface area contributed by atoms with Gasteiger partial charge < -0.3 is 9.64 Å². The topological polar surface area (TPSA) is 47.4 Å². The normalized spacial score (nSPS) is 25.9. The van der Waals surface area contributed by atoms with E-state index in [-0.39, 0.29) is 17.9 Å². The molecular formula is C19H23N3O2. The number of ether oxygens (including phenoxy) is 1. The number of hydrogen-bond donors (Lipinski definition) is 0. The number of rotatable bonds is 3. The van der Waals surface area contributed by atoms with Gasteiger partial charge in [0.2, 0.25) is 5.91 Å². The average Bonchev–Trinajstić information content (AvgIpc) is 3.32. The first-order valence-corrected chi connectivity index (χ1v) is 8.74. The lowest BCUT2D eigenvalue weighted by molar-refractivity contribution is -0.124. The number of fused-ring (bicyclic) bond motifs is 1. The van der Waals surface area contributed by atoms with Gasteiger partial charge in [-0.1, -0.05) is 25.1 Å². The van der Waals surface area contributed by atoms with Crippen molar-refractivity contribution in [3.05, 3.63) is 47.8 Å². The Labute approximate surface area is 142 Å². The van der Waals surface area contributed by atoms with Crippen molar-refractivity contribution < 1.29 is 9.53 Å². The van der Waals surface area contributed by atoms with Crippen LogP contribution in [0.3, 0.4) is 0 Å². The largest absolute Gasteiger partial charge is 0.371 e. The second-order valence-corrected chi connectivity index (χ2v) is 6.67. The first-order valence-electron chi connectivity index (χ1n) is 8.74. The molecular weight excluding hydrogens is 302 g/mol. The molecule has 0 radical (unpaired) electrons. The monoisotopic (exact) mass is 325 g/mol. The minimum Gasteiger partial charge on any atom is -0.371 e. The maximum atomic E-state index is 13.3. The third-order valence-electron chi connectivity index (χ3n) is 5.23. The number of hydrogen-bond acceptors (Lipinski definition) is 3. The number of para-hydroxylation sites is 1. The van der Waals surface area contributed by atoms with Gasteiger partial charge in [0.05, 0.1) is 11.6 Å². The second kappa shape index (κ2) is 6.06. The zero-order valence-electron chi connectivity index (χ0n) is 14.2. The summed E-state index contributed by atoms with van der Waals surface area (Å²) in [6.45, 7) is 6.41. The number of carbonyl (C=O) groups is 1. The van der Waals surface area contributed by atoms with E-state index in [0.29, 0.717) is 12.5 Å². The molecule has 0 unspecified atom stereocenters. The molecule has 3 heterocycles. The van der Waals surface area contributed by atoms with Crippen molar-refractivity contribution in [2.45, 2.75) is 38.8 Å². The zero-order valence-corrected chi connectivity index (χ0v) is 14.2. The van der Waals surface area contributed by atoms with Gasteiger partial charge in [0.25, 0.3) is 0 Å². The highest BCUT2D eigenvalue weighted by molar-refractivity contribution is 5.97. The van der Waals surface area contributed by atoms with Crippen LogP contribution in [0.5, 0.6) is 0 Å². The van der Waals surface area contributed by atoms with Gasteiger partial charge in [-0.25, -0.2) is 0 Å². The van der Waals surface area contributed by atoms with Gasteiger partial charge in [0, 0.05) is 37.5 Å². The van der Waals surface area contributed by atoms with Gasteiger partial charge in [0.1, 0.15) is 6.10 Å². The molecule has 5 nitrogen and oxygen atoms in total. The highest BCUT2D eigenvalue weighted by atomic mass is 16.5. The van der Waals surface area contributed by atoms with E-state index in [0.717, 1.165) is 30.9 Å². The molecule has 3 atom stereocenters. The van der Waals surface area contributed by atoms with E-state index in [1.54, 1.807) is 6.20 Å². The van der Waals surface area contributed by atoms with Crippen LogP contribution in [0.2, 0.25) is 0 Å². The van der Waals surface area contributed by atoms with Crippen molar-refractivity contribution in [2.24, 2.45) is 5.92 Å². The summed E-state index contributed by atoms with van der Waals surface area (Å²) < 4.78 is 7.87. The summed E-state index contributed by atoms with van der Waals surface area (Å²) in [6, 6.07) is 10.2. The fourth-order valence-corrected chi connectivity index (χ4v) is 4.01. The van der Waals surface area contributed by atoms with E-state index in [9.17, 15) is 4.79 Å². The molecule has 4 rings (SSSR count). The summed E-state index contributed by atoms with van der Waals surface area (Å²) in [5, 5.41) is 4.33. The molecule has 1 aromatic carbocycles. The third-order valence-corrected chi connectivity index (χ3v) is 5.23. The molecule has 1 amide bonds. The predicted molar refractivity (Wildman–Crippen MR) is 91.9 cm³/mol. The molecule has 1 saturated heterocycles. The van der Waals surface area contributed by atoms with Gasteiger partial charge in [-0.05, 0) is 31.0 Å². The van der Waals surface area contributed by atoms with Crippen LogP contribution < -0.4 is 4.90 Å². The predicted octanol–water partition coefficient (Wildman–Crippen LogP) is 3.13. The summed E-state index contributed by atoms with van der Waals surface area (Å²) in [7, 11) is 0. The highest BCUT2D eigenvalue weighted by Crippen LogP contribution is 2.41. The molecule has 0 spiro atoms. The van der Waals surface area contributed by atoms with Crippen LogP contribution in [-0.2, 0) is 16.1 Å². The molecule has 0 bridgehead atoms. The van der Waals surface area contributed by atoms with E-state index < -0.39 is 0 Å². The minimum absolute atomic E-state index is 0.134. The number of anilines is 1. The Bertz CT molecular complexity index is 755. The van der Waals surface area contributed by atoms with Crippen LogP contribution in [-0.4, -0.2) is 28.8 Å². The average molecular weight is 325 g/mol. The third kappa shape index (κ3) is 2.35. The van der Waals surface area contributed by atoms with Crippen LogP contribution in [0.25, 0.3) is 0 Å². The maximum absolute atomic E-state index is 13.3. The van der Waals surface area contributed by atoms with Crippen molar-refractivity contribution in [3.63, 3.8) is 0 Å². The first kappa shape index (κ1) is 15.4. The zero-order chi connectivity index (χ0) is 16.7. The molecule has 2 aromatic rings. The number of carbonyl (C=O) groups excluding carboxylic acids is 1. The molecule has 1 fully saturated rings. The van der Waals surface area contributed by atoms with E-state index in [1.165, 1.54) is 5.56 Å². The molecule has 24 heavy (non-hydrogen) atoms. The Kier molecular flexibility index (Phi) is 3.88. The highest BCUT2D eigenvalue weighted by Gasteiger charge is 2.41. The molecule has 0 aliphatic carbocycles. The molecule has 2 aliphatic rings. The van der Waals surface area contributed by atoms with Gasteiger partial charge in [-0.15, -0.1) is 0 Å². The van der Waals surface area contributed by atoms with Crippen molar-refractivity contribution in [3.8, 4) is 0 Å². The van der Waals surface area contributed by atoms with E-state index >= 15 is 0 Å². The van der Waals surface area contributed by atoms with Crippen molar-refractivity contribution in [1.82, 2.24) is 9.78 Å². The van der Waals surface area contributed by atoms with Crippen LogP contribution in [0, 0.1) is 5.92 Å². The lowest BCUT2D eigenvalue weighted by Gasteiger charge is -2.25. The molecule has 2 aliphatic heterocycles. The summed E-state index contributed by atoms with van der Waals surface area (Å²) in [5.74, 6) is 0.426. The van der Waals surface area contributed by atoms with Crippen LogP contribution in [0.4, 0.5) is 5.69 Å². The number of amides is 1. The fraction of sp³-hybridized carbons (Fsp3) is 0.474. The van der Waals surface area contributed by atoms with Gasteiger partial charge in [-0.2, -0.15) is 5.10 Å². The number of benzene rings is 1. The second-order valence-electron chi connectivity index (χ2n) is 6.67. The summed E-state index contributed by atoms with van der Waals surface area (Å²) in [6.07, 6.45) is 2.36. The van der Waals surface area contributed by atoms with Gasteiger partial charge in [-0.3, -0.25) is 9.48 Å². The minimum atomic E-state index is -0.192. The Morgan fingerprint density at radius 2 is 2.17 bits per heavy atom. The Hall–Kier alpha value is -2.14. The van der Waals surface area contributed by atoms with Crippen LogP contribution in [0.1, 0.15) is 43.5 Å². The number of nitrogens with zero attached hydrogens (tertiary/aromatic N) is 3. The Morgan fingerprint density at radius 3 is 3.00 bits per heavy atom. The van der Waals surface area contributed by atoms with Crippen molar-refractivity contribution in [2.75, 3.05) is 18.1 Å². The fourth-order valence-electron chi connectivity index (χ4n) is 4.01. The van der Waals surface area contributed by atoms with Crippen LogP contribution in [0.15, 0.2) is 36.5 Å². The Morgan fingerprint density at radius 1 is 1.33 bits per heavy atom. The lowest BCUT2D eigenvalue weighted by atomic mass is 9.97. The van der Waals surface area contributed by atoms with Crippen molar-refractivity contribution >= 4 is 11.6 Å². The van der Waals surface area contributed by atoms with E-state index in [2.05, 4.69) is 31.1 Å². The molecule has 5 heteroatoms. The van der Waals surface area contributed by atoms with Gasteiger partial charge in [0.15, 0.2) is 0 Å². The summed E-state index contributed by atoms with van der Waals surface area (Å²) >= 11 is 0. The molecule has 1 aromatic heterocycles. The number of aryl methyl sites for hydroxylation is 1. The first-order chi connectivity index (χ1) is 11.7. The molecule has 0 N–H and O–H groups in total. The van der Waals surface area contributed by atoms with Gasteiger partial charge >= 0.3 is 0 Å². The van der Waals surface area contributed by atoms with E-state index in [4.69, 9.17) is 4.74 Å². The number of aromatic nitrogens is 2. The maximum Gasteiger partial charge on any atom is 0.233 e. The standard InChI is InChI=1S/C19H23N3O2/c1-3-22-17(8-10-20-22)18-15(9-11-24-18)19(23)21-12-13(2)14-6-4-5-7-16(14)21/h4-8,10,13,15,18H,3,9,11-12H2,1-2H3/t13-,15+,18+/m0/s1. The Balaban J connectivity index is 1.63. The summed E-state index contributed by atoms with van der Waals surface area (Å²) in [4.78, 5) is 15.2. The molecule has 126 valence electrons. The van der Waals surface area contributed by atoms with Crippen molar-refractivity contribution in [1.29, 1.82) is 0 Å². The quantitative estimate of drug-likeness (QED) is 0.871. The van der Waals surface area contributed by atoms with E-state index in [1.807, 2.05) is 27.8 Å². The van der Waals surface area contributed by atoms with Crippen LogP contribution >= 0.6 is 0 Å². The summed E-state index contributed by atoms with van der Waals surface area (Å²) in [5.41, 5.74) is 3.33. The lowest BCUT2D eigenvalue weighted by Crippen LogP contribution is -2.36. The SMILES string of the molecule is CCn1nccc1[C@@H]1OCC[C@H]1C(=O)N1C[C@H](C)c2ccccc21. The smallest absolute Gasteiger partial charge is 0.233 e.